The van der Waals surface area contributed by atoms with Gasteiger partial charge in [0, 0.05) is 6.08 Å². The molecule has 1 atom stereocenters. The van der Waals surface area contributed by atoms with Crippen LogP contribution in [0.2, 0.25) is 0 Å². The molecule has 2 nitrogen and oxygen atoms in total. The second-order valence-corrected chi connectivity index (χ2v) is 5.32. The Morgan fingerprint density at radius 2 is 1.42 bits per heavy atom. The highest BCUT2D eigenvalue weighted by Gasteiger charge is 2.12. The highest BCUT2D eigenvalue weighted by molar-refractivity contribution is 5.81. The van der Waals surface area contributed by atoms with Gasteiger partial charge in [0.25, 0.3) is 0 Å². The fourth-order valence-electron chi connectivity index (χ4n) is 2.25. The minimum absolute atomic E-state index is 0.101. The number of hydrogen-bond donors (Lipinski definition) is 0. The van der Waals surface area contributed by atoms with Crippen molar-refractivity contribution in [2.45, 2.75) is 90.6 Å². The summed E-state index contributed by atoms with van der Waals surface area (Å²) in [5, 5.41) is 0. The molecule has 0 amide bonds. The van der Waals surface area contributed by atoms with Crippen LogP contribution in [0.5, 0.6) is 0 Å². The van der Waals surface area contributed by atoms with E-state index in [2.05, 4.69) is 20.4 Å². The lowest BCUT2D eigenvalue weighted by Crippen LogP contribution is -2.16. The van der Waals surface area contributed by atoms with Crippen LogP contribution in [0.15, 0.2) is 12.7 Å². The maximum absolute atomic E-state index is 11.3. The van der Waals surface area contributed by atoms with Crippen molar-refractivity contribution in [1.82, 2.24) is 0 Å². The lowest BCUT2D eigenvalue weighted by atomic mass is 10.0. The van der Waals surface area contributed by atoms with E-state index in [1.165, 1.54) is 57.4 Å². The first-order valence-corrected chi connectivity index (χ1v) is 8.07. The standard InChI is InChI=1S/C17H32O2/c1-4-7-9-11-13-15-16(19-17(18)6-3)14-12-10-8-5-2/h6,16H,3-5,7-15H2,1-2H3. The molecule has 0 spiro atoms. The quantitative estimate of drug-likeness (QED) is 0.253. The van der Waals surface area contributed by atoms with Gasteiger partial charge in [0.15, 0.2) is 0 Å². The van der Waals surface area contributed by atoms with E-state index in [9.17, 15) is 4.79 Å². The Morgan fingerprint density at radius 1 is 0.947 bits per heavy atom. The van der Waals surface area contributed by atoms with Gasteiger partial charge < -0.3 is 4.74 Å². The molecule has 0 saturated heterocycles. The Kier molecular flexibility index (Phi) is 13.1. The summed E-state index contributed by atoms with van der Waals surface area (Å²) in [4.78, 5) is 11.3. The van der Waals surface area contributed by atoms with Crippen molar-refractivity contribution in [2.24, 2.45) is 0 Å². The second-order valence-electron chi connectivity index (χ2n) is 5.32. The number of unbranched alkanes of at least 4 members (excludes halogenated alkanes) is 7. The predicted octanol–water partition coefficient (Wildman–Crippen LogP) is 5.42. The van der Waals surface area contributed by atoms with Crippen LogP contribution in [0.1, 0.15) is 84.5 Å². The van der Waals surface area contributed by atoms with Crippen LogP contribution in [-0.2, 0) is 9.53 Å². The fraction of sp³-hybridized carbons (Fsp3) is 0.824. The van der Waals surface area contributed by atoms with Crippen molar-refractivity contribution in [1.29, 1.82) is 0 Å². The van der Waals surface area contributed by atoms with E-state index in [0.29, 0.717) is 0 Å². The molecule has 0 fully saturated rings. The molecule has 112 valence electrons. The summed E-state index contributed by atoms with van der Waals surface area (Å²) in [5.41, 5.74) is 0. The molecule has 0 aliphatic heterocycles. The summed E-state index contributed by atoms with van der Waals surface area (Å²) in [6.45, 7) is 7.91. The summed E-state index contributed by atoms with van der Waals surface area (Å²) < 4.78 is 5.43. The second kappa shape index (κ2) is 13.6. The van der Waals surface area contributed by atoms with E-state index in [-0.39, 0.29) is 12.1 Å². The van der Waals surface area contributed by atoms with Gasteiger partial charge in [0.1, 0.15) is 6.10 Å². The largest absolute Gasteiger partial charge is 0.459 e. The van der Waals surface area contributed by atoms with Gasteiger partial charge in [-0.2, -0.15) is 0 Å². The number of rotatable bonds is 13. The molecule has 0 aliphatic rings. The number of carbonyl (C=O) groups excluding carboxylic acids is 1. The fourth-order valence-corrected chi connectivity index (χ4v) is 2.25. The first-order valence-electron chi connectivity index (χ1n) is 8.07. The molecule has 1 unspecified atom stereocenters. The third-order valence-corrected chi connectivity index (χ3v) is 3.46. The van der Waals surface area contributed by atoms with Gasteiger partial charge in [-0.1, -0.05) is 65.4 Å². The average molecular weight is 268 g/mol. The predicted molar refractivity (Wildman–Crippen MR) is 82.2 cm³/mol. The van der Waals surface area contributed by atoms with Crippen LogP contribution in [-0.4, -0.2) is 12.1 Å². The molecule has 0 aromatic heterocycles. The highest BCUT2D eigenvalue weighted by Crippen LogP contribution is 2.16. The molecule has 0 aliphatic carbocycles. The third kappa shape index (κ3) is 12.0. The van der Waals surface area contributed by atoms with Gasteiger partial charge in [-0.15, -0.1) is 0 Å². The molecule has 0 aromatic carbocycles. The van der Waals surface area contributed by atoms with Crippen molar-refractivity contribution in [2.75, 3.05) is 0 Å². The maximum atomic E-state index is 11.3. The van der Waals surface area contributed by atoms with Gasteiger partial charge in [-0.25, -0.2) is 4.79 Å². The molecular formula is C17H32O2. The normalized spacial score (nSPS) is 12.1. The monoisotopic (exact) mass is 268 g/mol. The molecule has 0 rings (SSSR count). The van der Waals surface area contributed by atoms with Gasteiger partial charge in [0.05, 0.1) is 0 Å². The topological polar surface area (TPSA) is 26.3 Å². The molecule has 0 aromatic rings. The minimum Gasteiger partial charge on any atom is -0.459 e. The average Bonchev–Trinajstić information content (AvgIpc) is 2.42. The van der Waals surface area contributed by atoms with Crippen molar-refractivity contribution >= 4 is 5.97 Å². The summed E-state index contributed by atoms with van der Waals surface area (Å²) in [7, 11) is 0. The summed E-state index contributed by atoms with van der Waals surface area (Å²) in [6, 6.07) is 0. The molecular weight excluding hydrogens is 236 g/mol. The van der Waals surface area contributed by atoms with Gasteiger partial charge in [-0.05, 0) is 25.7 Å². The van der Waals surface area contributed by atoms with E-state index in [4.69, 9.17) is 4.74 Å². The lowest BCUT2D eigenvalue weighted by molar-refractivity contribution is -0.143. The zero-order chi connectivity index (χ0) is 14.3. The van der Waals surface area contributed by atoms with Crippen LogP contribution >= 0.6 is 0 Å². The molecule has 0 heterocycles. The Hall–Kier alpha value is -0.790. The number of esters is 1. The Morgan fingerprint density at radius 3 is 1.89 bits per heavy atom. The van der Waals surface area contributed by atoms with Crippen LogP contribution in [0.4, 0.5) is 0 Å². The van der Waals surface area contributed by atoms with Gasteiger partial charge in [-0.3, -0.25) is 0 Å². The molecule has 2 heteroatoms. The van der Waals surface area contributed by atoms with E-state index in [1.807, 2.05) is 0 Å². The zero-order valence-electron chi connectivity index (χ0n) is 13.0. The number of hydrogen-bond acceptors (Lipinski definition) is 2. The summed E-state index contributed by atoms with van der Waals surface area (Å²) in [5.74, 6) is -0.269. The SMILES string of the molecule is C=CC(=O)OC(CCCCCC)CCCCCCC. The Labute approximate surface area is 119 Å². The maximum Gasteiger partial charge on any atom is 0.330 e. The van der Waals surface area contributed by atoms with Crippen LogP contribution in [0, 0.1) is 0 Å². The van der Waals surface area contributed by atoms with Crippen LogP contribution < -0.4 is 0 Å². The molecule has 0 saturated carbocycles. The molecule has 0 radical (unpaired) electrons. The van der Waals surface area contributed by atoms with Crippen molar-refractivity contribution in [3.05, 3.63) is 12.7 Å². The smallest absolute Gasteiger partial charge is 0.330 e. The highest BCUT2D eigenvalue weighted by atomic mass is 16.5. The first-order chi connectivity index (χ1) is 9.24. The van der Waals surface area contributed by atoms with Crippen molar-refractivity contribution < 1.29 is 9.53 Å². The van der Waals surface area contributed by atoms with Gasteiger partial charge >= 0.3 is 5.97 Å². The van der Waals surface area contributed by atoms with Crippen molar-refractivity contribution in [3.8, 4) is 0 Å². The Balaban J connectivity index is 3.82. The first kappa shape index (κ1) is 18.2. The van der Waals surface area contributed by atoms with E-state index in [0.717, 1.165) is 19.3 Å². The van der Waals surface area contributed by atoms with Gasteiger partial charge in [0.2, 0.25) is 0 Å². The Bertz CT molecular complexity index is 223. The summed E-state index contributed by atoms with van der Waals surface area (Å²) in [6.07, 6.45) is 14.6. The van der Waals surface area contributed by atoms with E-state index < -0.39 is 0 Å². The lowest BCUT2D eigenvalue weighted by Gasteiger charge is -2.17. The summed E-state index contributed by atoms with van der Waals surface area (Å²) >= 11 is 0. The van der Waals surface area contributed by atoms with E-state index >= 15 is 0 Å². The molecule has 0 bridgehead atoms. The molecule has 0 N–H and O–H groups in total. The van der Waals surface area contributed by atoms with Crippen LogP contribution in [0.25, 0.3) is 0 Å². The molecule has 19 heavy (non-hydrogen) atoms. The number of ether oxygens (including phenoxy) is 1. The number of carbonyl (C=O) groups is 1. The third-order valence-electron chi connectivity index (χ3n) is 3.46. The van der Waals surface area contributed by atoms with Crippen LogP contribution in [0.3, 0.4) is 0 Å². The van der Waals surface area contributed by atoms with E-state index in [1.54, 1.807) is 0 Å². The van der Waals surface area contributed by atoms with Crippen molar-refractivity contribution in [3.63, 3.8) is 0 Å². The minimum atomic E-state index is -0.269. The zero-order valence-corrected chi connectivity index (χ0v) is 13.0.